The molecule has 3 aromatic carbocycles. The monoisotopic (exact) mass is 325 g/mol. The first-order chi connectivity index (χ1) is 12.4. The molecule has 5 rings (SSSR count). The molecule has 3 aromatic rings. The number of hydrogen-bond acceptors (Lipinski definition) is 2. The van der Waals surface area contributed by atoms with Gasteiger partial charge in [-0.2, -0.15) is 0 Å². The zero-order valence-electron chi connectivity index (χ0n) is 14.0. The second kappa shape index (κ2) is 5.89. The van der Waals surface area contributed by atoms with E-state index in [1.54, 1.807) is 6.26 Å². The number of rotatable bonds is 1. The van der Waals surface area contributed by atoms with Crippen LogP contribution < -0.4 is 0 Å². The van der Waals surface area contributed by atoms with Gasteiger partial charge in [-0.1, -0.05) is 59.8 Å². The Hall–Kier alpha value is -2.87. The molecule has 0 saturated carbocycles. The van der Waals surface area contributed by atoms with Crippen molar-refractivity contribution in [2.24, 2.45) is 11.1 Å². The van der Waals surface area contributed by atoms with Gasteiger partial charge >= 0.3 is 0 Å². The van der Waals surface area contributed by atoms with Gasteiger partial charge in [-0.25, -0.2) is 0 Å². The van der Waals surface area contributed by atoms with E-state index >= 15 is 0 Å². The Bertz CT molecular complexity index is 1060. The van der Waals surface area contributed by atoms with Crippen LogP contribution >= 0.6 is 0 Å². The van der Waals surface area contributed by atoms with Crippen LogP contribution in [0.3, 0.4) is 0 Å². The first-order valence-electron chi connectivity index (χ1n) is 8.89. The fourth-order valence-electron chi connectivity index (χ4n) is 4.17. The van der Waals surface area contributed by atoms with Crippen LogP contribution in [0.4, 0.5) is 0 Å². The summed E-state index contributed by atoms with van der Waals surface area (Å²) < 4.78 is 0. The summed E-state index contributed by atoms with van der Waals surface area (Å²) in [5.74, 6) is 0.417. The predicted molar refractivity (Wildman–Crippen MR) is 104 cm³/mol. The van der Waals surface area contributed by atoms with Gasteiger partial charge in [0.2, 0.25) is 0 Å². The average molecular weight is 325 g/mol. The molecular weight excluding hydrogens is 306 g/mol. The zero-order chi connectivity index (χ0) is 16.6. The number of nitrogens with zero attached hydrogens (tertiary/aromatic N) is 1. The molecule has 1 aliphatic carbocycles. The predicted octanol–water partition coefficient (Wildman–Crippen LogP) is 5.55. The maximum absolute atomic E-state index is 5.24. The van der Waals surface area contributed by atoms with Crippen molar-refractivity contribution in [1.29, 1.82) is 0 Å². The lowest BCUT2D eigenvalue weighted by atomic mass is 9.79. The number of benzene rings is 3. The largest absolute Gasteiger partial charge is 0.365 e. The van der Waals surface area contributed by atoms with Crippen LogP contribution in [0.1, 0.15) is 17.5 Å². The van der Waals surface area contributed by atoms with E-state index in [0.717, 1.165) is 25.0 Å². The maximum atomic E-state index is 5.24. The molecule has 1 aliphatic heterocycles. The molecule has 2 heteroatoms. The van der Waals surface area contributed by atoms with Gasteiger partial charge < -0.3 is 4.84 Å². The Morgan fingerprint density at radius 1 is 0.880 bits per heavy atom. The molecule has 1 unspecified atom stereocenters. The van der Waals surface area contributed by atoms with Gasteiger partial charge in [-0.3, -0.25) is 0 Å². The van der Waals surface area contributed by atoms with Crippen molar-refractivity contribution in [3.8, 4) is 0 Å². The summed E-state index contributed by atoms with van der Waals surface area (Å²) in [5, 5.41) is 9.68. The lowest BCUT2D eigenvalue weighted by molar-refractivity contribution is 0.266. The number of oxime groups is 1. The third kappa shape index (κ3) is 2.45. The molecule has 25 heavy (non-hydrogen) atoms. The fourth-order valence-corrected chi connectivity index (χ4v) is 4.17. The molecule has 0 saturated heterocycles. The Labute approximate surface area is 147 Å². The number of allylic oxidation sites excluding steroid dienone is 3. The molecule has 0 amide bonds. The highest BCUT2D eigenvalue weighted by molar-refractivity contribution is 6.09. The van der Waals surface area contributed by atoms with E-state index in [4.69, 9.17) is 4.84 Å². The van der Waals surface area contributed by atoms with Gasteiger partial charge in [0.1, 0.15) is 6.26 Å². The van der Waals surface area contributed by atoms with Crippen LogP contribution in [0.5, 0.6) is 0 Å². The van der Waals surface area contributed by atoms with Crippen molar-refractivity contribution >= 4 is 27.3 Å². The SMILES string of the molecule is C1=CON=C(C2CCc3ccc4c(ccc5ccccc54)c3C2)C=C1. The smallest absolute Gasteiger partial charge is 0.122 e. The molecule has 0 bridgehead atoms. The minimum absolute atomic E-state index is 0.417. The molecule has 1 heterocycles. The quantitative estimate of drug-likeness (QED) is 0.537. The normalized spacial score (nSPS) is 19.4. The van der Waals surface area contributed by atoms with Gasteiger partial charge in [0, 0.05) is 5.92 Å². The van der Waals surface area contributed by atoms with Crippen molar-refractivity contribution in [2.75, 3.05) is 0 Å². The molecule has 122 valence electrons. The van der Waals surface area contributed by atoms with Crippen molar-refractivity contribution < 1.29 is 4.84 Å². The minimum Gasteiger partial charge on any atom is -0.365 e. The van der Waals surface area contributed by atoms with Crippen LogP contribution in [-0.2, 0) is 17.7 Å². The van der Waals surface area contributed by atoms with Gasteiger partial charge in [0.05, 0.1) is 5.71 Å². The van der Waals surface area contributed by atoms with Crippen molar-refractivity contribution in [3.05, 3.63) is 84.1 Å². The molecule has 0 N–H and O–H groups in total. The Morgan fingerprint density at radius 3 is 2.80 bits per heavy atom. The maximum Gasteiger partial charge on any atom is 0.122 e. The summed E-state index contributed by atoms with van der Waals surface area (Å²) >= 11 is 0. The van der Waals surface area contributed by atoms with Crippen molar-refractivity contribution in [1.82, 2.24) is 0 Å². The lowest BCUT2D eigenvalue weighted by Gasteiger charge is -2.26. The van der Waals surface area contributed by atoms with Crippen LogP contribution in [0.25, 0.3) is 21.5 Å². The summed E-state index contributed by atoms with van der Waals surface area (Å²) in [6, 6.07) is 17.8. The van der Waals surface area contributed by atoms with Gasteiger partial charge in [0.25, 0.3) is 0 Å². The van der Waals surface area contributed by atoms with Crippen LogP contribution in [0.15, 0.2) is 78.2 Å². The van der Waals surface area contributed by atoms with E-state index in [1.165, 1.54) is 32.7 Å². The summed E-state index contributed by atoms with van der Waals surface area (Å²) in [7, 11) is 0. The van der Waals surface area contributed by atoms with E-state index < -0.39 is 0 Å². The first-order valence-corrected chi connectivity index (χ1v) is 8.89. The summed E-state index contributed by atoms with van der Waals surface area (Å²) in [6.07, 6.45) is 10.9. The van der Waals surface area contributed by atoms with Gasteiger partial charge in [0.15, 0.2) is 0 Å². The van der Waals surface area contributed by atoms with Crippen molar-refractivity contribution in [3.63, 3.8) is 0 Å². The minimum atomic E-state index is 0.417. The highest BCUT2D eigenvalue weighted by Gasteiger charge is 2.24. The second-order valence-electron chi connectivity index (χ2n) is 6.83. The van der Waals surface area contributed by atoms with Crippen LogP contribution in [0, 0.1) is 5.92 Å². The summed E-state index contributed by atoms with van der Waals surface area (Å²) in [4.78, 5) is 5.24. The third-order valence-corrected chi connectivity index (χ3v) is 5.44. The second-order valence-corrected chi connectivity index (χ2v) is 6.83. The molecule has 2 aliphatic rings. The van der Waals surface area contributed by atoms with Crippen LogP contribution in [-0.4, -0.2) is 5.71 Å². The molecule has 2 nitrogen and oxygen atoms in total. The standard InChI is InChI=1S/C23H19NO/c1-2-6-19-16(5-1)10-13-21-20(19)12-11-17-8-9-18(15-22(17)21)23-7-3-4-14-25-24-23/h1-7,10-14,18H,8-9,15H2. The average Bonchev–Trinajstić information content (AvgIpc) is 2.96. The van der Waals surface area contributed by atoms with Gasteiger partial charge in [-0.15, -0.1) is 0 Å². The summed E-state index contributed by atoms with van der Waals surface area (Å²) in [6.45, 7) is 0. The van der Waals surface area contributed by atoms with E-state index in [0.29, 0.717) is 5.92 Å². The lowest BCUT2D eigenvalue weighted by Crippen LogP contribution is -2.21. The van der Waals surface area contributed by atoms with E-state index in [2.05, 4.69) is 59.8 Å². The van der Waals surface area contributed by atoms with Gasteiger partial charge in [-0.05, 0) is 64.1 Å². The highest BCUT2D eigenvalue weighted by atomic mass is 16.6. The fraction of sp³-hybridized carbons (Fsp3) is 0.174. The van der Waals surface area contributed by atoms with E-state index in [-0.39, 0.29) is 0 Å². The number of hydrogen-bond donors (Lipinski definition) is 0. The third-order valence-electron chi connectivity index (χ3n) is 5.44. The molecule has 0 aromatic heterocycles. The zero-order valence-corrected chi connectivity index (χ0v) is 14.0. The number of aryl methyl sites for hydroxylation is 1. The highest BCUT2D eigenvalue weighted by Crippen LogP contribution is 2.35. The molecular formula is C23H19NO. The summed E-state index contributed by atoms with van der Waals surface area (Å²) in [5.41, 5.74) is 4.01. The Morgan fingerprint density at radius 2 is 1.80 bits per heavy atom. The molecule has 0 radical (unpaired) electrons. The Balaban J connectivity index is 1.63. The topological polar surface area (TPSA) is 21.6 Å². The Kier molecular flexibility index (Phi) is 3.41. The molecule has 0 spiro atoms. The molecule has 1 atom stereocenters. The van der Waals surface area contributed by atoms with Crippen molar-refractivity contribution in [2.45, 2.75) is 19.3 Å². The van der Waals surface area contributed by atoms with E-state index in [1.807, 2.05) is 12.2 Å². The van der Waals surface area contributed by atoms with E-state index in [9.17, 15) is 0 Å². The molecule has 0 fully saturated rings. The van der Waals surface area contributed by atoms with Crippen LogP contribution in [0.2, 0.25) is 0 Å². The first kappa shape index (κ1) is 14.5. The number of fused-ring (bicyclic) bond motifs is 5.